The monoisotopic (exact) mass is 375 g/mol. The fraction of sp³-hybridized carbons (Fsp3) is 0.737. The van der Waals surface area contributed by atoms with E-state index in [-0.39, 0.29) is 24.3 Å². The summed E-state index contributed by atoms with van der Waals surface area (Å²) in [5.74, 6) is 0.159. The van der Waals surface area contributed by atoms with Crippen LogP contribution in [-0.4, -0.2) is 80.9 Å². The van der Waals surface area contributed by atoms with E-state index in [1.165, 1.54) is 0 Å². The van der Waals surface area contributed by atoms with Gasteiger partial charge in [0.05, 0.1) is 12.0 Å². The Balaban J connectivity index is 1.30. The fourth-order valence-electron chi connectivity index (χ4n) is 4.57. The van der Waals surface area contributed by atoms with Crippen LogP contribution in [0.2, 0.25) is 0 Å². The van der Waals surface area contributed by atoms with Gasteiger partial charge in [-0.25, -0.2) is 0 Å². The maximum atomic E-state index is 12.6. The highest BCUT2D eigenvalue weighted by Gasteiger charge is 2.36. The van der Waals surface area contributed by atoms with Crippen molar-refractivity contribution in [1.29, 1.82) is 0 Å². The molecule has 1 aromatic rings. The van der Waals surface area contributed by atoms with Crippen LogP contribution in [0.5, 0.6) is 0 Å². The minimum absolute atomic E-state index is 0.0418. The average Bonchev–Trinajstić information content (AvgIpc) is 3.03. The van der Waals surface area contributed by atoms with Crippen molar-refractivity contribution in [3.8, 4) is 0 Å². The second-order valence-corrected chi connectivity index (χ2v) is 8.08. The van der Waals surface area contributed by atoms with Crippen molar-refractivity contribution >= 4 is 11.8 Å². The van der Waals surface area contributed by atoms with Crippen LogP contribution in [0.3, 0.4) is 0 Å². The number of fused-ring (bicyclic) bond motifs is 1. The van der Waals surface area contributed by atoms with Crippen LogP contribution in [0.4, 0.5) is 0 Å². The number of rotatable bonds is 3. The first-order valence-electron chi connectivity index (χ1n) is 10.1. The van der Waals surface area contributed by atoms with Gasteiger partial charge in [-0.2, -0.15) is 5.10 Å². The van der Waals surface area contributed by atoms with E-state index >= 15 is 0 Å². The summed E-state index contributed by atoms with van der Waals surface area (Å²) in [5, 5.41) is 18.1. The summed E-state index contributed by atoms with van der Waals surface area (Å²) in [7, 11) is 0. The molecule has 4 heterocycles. The number of nitrogens with zero attached hydrogens (tertiary/aromatic N) is 4. The molecule has 2 saturated heterocycles. The molecular weight excluding hydrogens is 346 g/mol. The first-order valence-corrected chi connectivity index (χ1v) is 10.1. The van der Waals surface area contributed by atoms with Crippen LogP contribution in [0, 0.1) is 0 Å². The Kier molecular flexibility index (Phi) is 5.19. The maximum absolute atomic E-state index is 12.6. The van der Waals surface area contributed by atoms with E-state index in [1.807, 2.05) is 15.9 Å². The number of likely N-dealkylation sites (tertiary alicyclic amines) is 1. The van der Waals surface area contributed by atoms with Crippen molar-refractivity contribution in [3.63, 3.8) is 0 Å². The number of hydrogen-bond donors (Lipinski definition) is 2. The number of nitrogens with one attached hydrogen (secondary N) is 1. The molecule has 2 N–H and O–H groups in total. The van der Waals surface area contributed by atoms with E-state index in [9.17, 15) is 14.7 Å². The van der Waals surface area contributed by atoms with Gasteiger partial charge in [0.15, 0.2) is 0 Å². The normalized spacial score (nSPS) is 23.8. The van der Waals surface area contributed by atoms with E-state index in [0.717, 1.165) is 44.6 Å². The molecule has 0 unspecified atom stereocenters. The highest BCUT2D eigenvalue weighted by atomic mass is 16.3. The molecule has 0 spiro atoms. The third-order valence-corrected chi connectivity index (χ3v) is 6.29. The zero-order valence-electron chi connectivity index (χ0n) is 15.8. The predicted octanol–water partition coefficient (Wildman–Crippen LogP) is -0.237. The summed E-state index contributed by atoms with van der Waals surface area (Å²) >= 11 is 0. The van der Waals surface area contributed by atoms with Gasteiger partial charge >= 0.3 is 0 Å². The van der Waals surface area contributed by atoms with Gasteiger partial charge in [-0.3, -0.25) is 14.3 Å². The molecule has 27 heavy (non-hydrogen) atoms. The van der Waals surface area contributed by atoms with Gasteiger partial charge in [0, 0.05) is 44.0 Å². The summed E-state index contributed by atoms with van der Waals surface area (Å²) in [4.78, 5) is 29.1. The summed E-state index contributed by atoms with van der Waals surface area (Å²) in [6, 6.07) is 2.16. The molecule has 2 amide bonds. The first kappa shape index (κ1) is 18.4. The van der Waals surface area contributed by atoms with Crippen LogP contribution in [-0.2, 0) is 22.6 Å². The summed E-state index contributed by atoms with van der Waals surface area (Å²) in [6.07, 6.45) is 5.66. The van der Waals surface area contributed by atoms with Gasteiger partial charge < -0.3 is 20.2 Å². The topological polar surface area (TPSA) is 90.7 Å². The Morgan fingerprint density at radius 1 is 1.26 bits per heavy atom. The molecule has 148 valence electrons. The Labute approximate surface area is 159 Å². The van der Waals surface area contributed by atoms with Crippen LogP contribution < -0.4 is 5.32 Å². The number of carbonyl (C=O) groups excluding carboxylic acids is 2. The van der Waals surface area contributed by atoms with Crippen molar-refractivity contribution < 1.29 is 14.7 Å². The second-order valence-electron chi connectivity index (χ2n) is 8.08. The van der Waals surface area contributed by atoms with Crippen LogP contribution in [0.1, 0.15) is 37.8 Å². The molecule has 0 aliphatic carbocycles. The average molecular weight is 375 g/mol. The van der Waals surface area contributed by atoms with Gasteiger partial charge in [-0.15, -0.1) is 0 Å². The summed E-state index contributed by atoms with van der Waals surface area (Å²) < 4.78 is 1.79. The van der Waals surface area contributed by atoms with Gasteiger partial charge in [0.25, 0.3) is 0 Å². The molecule has 2 fully saturated rings. The number of hydrogen-bond acceptors (Lipinski definition) is 5. The fourth-order valence-corrected chi connectivity index (χ4v) is 4.57. The highest BCUT2D eigenvalue weighted by Crippen LogP contribution is 2.25. The second kappa shape index (κ2) is 7.59. The largest absolute Gasteiger partial charge is 0.389 e. The highest BCUT2D eigenvalue weighted by molar-refractivity contribution is 5.78. The Bertz CT molecular complexity index is 689. The molecule has 0 bridgehead atoms. The van der Waals surface area contributed by atoms with Crippen molar-refractivity contribution in [2.75, 3.05) is 32.7 Å². The number of piperidine rings is 2. The zero-order chi connectivity index (χ0) is 18.9. The molecule has 4 rings (SSSR count). The minimum Gasteiger partial charge on any atom is -0.389 e. The lowest BCUT2D eigenvalue weighted by atomic mass is 9.88. The van der Waals surface area contributed by atoms with Crippen molar-refractivity contribution in [2.24, 2.45) is 0 Å². The van der Waals surface area contributed by atoms with Gasteiger partial charge in [0.1, 0.15) is 6.54 Å². The Morgan fingerprint density at radius 2 is 2.00 bits per heavy atom. The molecule has 3 aliphatic heterocycles. The number of aromatic nitrogens is 2. The Morgan fingerprint density at radius 3 is 2.74 bits per heavy atom. The third-order valence-electron chi connectivity index (χ3n) is 6.29. The van der Waals surface area contributed by atoms with Crippen LogP contribution >= 0.6 is 0 Å². The minimum atomic E-state index is -0.861. The molecule has 0 aromatic carbocycles. The lowest BCUT2D eigenvalue weighted by Gasteiger charge is -2.39. The van der Waals surface area contributed by atoms with Gasteiger partial charge in [-0.1, -0.05) is 0 Å². The smallest absolute Gasteiger partial charge is 0.244 e. The molecule has 1 aromatic heterocycles. The quantitative estimate of drug-likeness (QED) is 0.761. The van der Waals surface area contributed by atoms with E-state index in [4.69, 9.17) is 0 Å². The van der Waals surface area contributed by atoms with Gasteiger partial charge in [-0.05, 0) is 44.8 Å². The number of aliphatic hydroxyl groups is 1. The maximum Gasteiger partial charge on any atom is 0.244 e. The van der Waals surface area contributed by atoms with Crippen molar-refractivity contribution in [3.05, 3.63) is 18.0 Å². The van der Waals surface area contributed by atoms with Gasteiger partial charge in [0.2, 0.25) is 11.8 Å². The predicted molar refractivity (Wildman–Crippen MR) is 98.9 cm³/mol. The van der Waals surface area contributed by atoms with E-state index in [1.54, 1.807) is 10.9 Å². The lowest BCUT2D eigenvalue weighted by Crippen LogP contribution is -2.51. The molecule has 3 aliphatic rings. The first-order chi connectivity index (χ1) is 13.0. The zero-order valence-corrected chi connectivity index (χ0v) is 15.8. The van der Waals surface area contributed by atoms with E-state index < -0.39 is 5.60 Å². The van der Waals surface area contributed by atoms with Crippen molar-refractivity contribution in [2.45, 2.75) is 56.7 Å². The van der Waals surface area contributed by atoms with E-state index in [2.05, 4.69) is 10.4 Å². The SMILES string of the molecule is O=C(CC1(O)CCNCC1)N1CCC(N2CCc3ccnn3CC2=O)CC1. The van der Waals surface area contributed by atoms with Crippen LogP contribution in [0.25, 0.3) is 0 Å². The molecule has 0 saturated carbocycles. The molecule has 8 heteroatoms. The van der Waals surface area contributed by atoms with E-state index in [0.29, 0.717) is 32.5 Å². The molecule has 8 nitrogen and oxygen atoms in total. The van der Waals surface area contributed by atoms with Crippen molar-refractivity contribution in [1.82, 2.24) is 24.9 Å². The Hall–Kier alpha value is -1.93. The summed E-state index contributed by atoms with van der Waals surface area (Å²) in [5.41, 5.74) is 0.245. The number of amides is 2. The van der Waals surface area contributed by atoms with Crippen LogP contribution in [0.15, 0.2) is 12.3 Å². The molecule has 0 atom stereocenters. The molecular formula is C19H29N5O3. The third kappa shape index (κ3) is 4.01. The summed E-state index contributed by atoms with van der Waals surface area (Å²) in [6.45, 7) is 3.87. The standard InChI is InChI=1S/C19H29N5O3/c25-17(13-19(27)5-8-20-9-6-19)22-10-2-15(3-11-22)23-12-4-16-1-7-21-24(16)14-18(23)26/h1,7,15,20,27H,2-6,8-14H2. The number of carbonyl (C=O) groups is 2. The molecule has 0 radical (unpaired) electrons. The lowest BCUT2D eigenvalue weighted by molar-refractivity contribution is -0.140.